The molecule has 0 aliphatic rings. The van der Waals surface area contributed by atoms with Gasteiger partial charge in [0.1, 0.15) is 0 Å². The number of hydrogen-bond acceptors (Lipinski definition) is 1. The van der Waals surface area contributed by atoms with E-state index in [0.29, 0.717) is 11.5 Å². The third-order valence-electron chi connectivity index (χ3n) is 2.37. The summed E-state index contributed by atoms with van der Waals surface area (Å²) in [5.74, 6) is 0. The molecule has 1 aromatic carbocycles. The second kappa shape index (κ2) is 5.32. The van der Waals surface area contributed by atoms with Crippen molar-refractivity contribution in [3.63, 3.8) is 0 Å². The second-order valence-electron chi connectivity index (χ2n) is 5.53. The summed E-state index contributed by atoms with van der Waals surface area (Å²) in [5, 5.41) is 3.57. The molecule has 0 radical (unpaired) electrons. The van der Waals surface area contributed by atoms with Crippen LogP contribution in [0.3, 0.4) is 0 Å². The Morgan fingerprint density at radius 1 is 1.13 bits per heavy atom. The number of rotatable bonds is 4. The Labute approximate surface area is 93.9 Å². The molecule has 0 amide bonds. The van der Waals surface area contributed by atoms with Crippen molar-refractivity contribution in [1.29, 1.82) is 0 Å². The zero-order valence-electron chi connectivity index (χ0n) is 10.4. The molecule has 0 fully saturated rings. The Morgan fingerprint density at radius 2 is 1.73 bits per heavy atom. The van der Waals surface area contributed by atoms with Crippen LogP contribution in [0.4, 0.5) is 0 Å². The average Bonchev–Trinajstić information content (AvgIpc) is 2.15. The van der Waals surface area contributed by atoms with E-state index in [1.807, 2.05) is 0 Å². The SMILES string of the molecule is CC(Cc1ccccc1)NCC(C)(C)C. The molecule has 1 rings (SSSR count). The van der Waals surface area contributed by atoms with Crippen LogP contribution < -0.4 is 5.32 Å². The second-order valence-corrected chi connectivity index (χ2v) is 5.53. The van der Waals surface area contributed by atoms with Gasteiger partial charge >= 0.3 is 0 Å². The Bertz CT molecular complexity index is 271. The van der Waals surface area contributed by atoms with E-state index in [2.05, 4.69) is 63.3 Å². The molecule has 0 aliphatic heterocycles. The summed E-state index contributed by atoms with van der Waals surface area (Å²) in [5.41, 5.74) is 1.77. The van der Waals surface area contributed by atoms with Crippen LogP contribution in [0, 0.1) is 5.41 Å². The molecular formula is C14H23N. The van der Waals surface area contributed by atoms with E-state index in [4.69, 9.17) is 0 Å². The lowest BCUT2D eigenvalue weighted by molar-refractivity contribution is 0.356. The Morgan fingerprint density at radius 3 is 2.27 bits per heavy atom. The van der Waals surface area contributed by atoms with Gasteiger partial charge in [0.15, 0.2) is 0 Å². The molecule has 1 aromatic rings. The third kappa shape index (κ3) is 5.58. The first-order valence-corrected chi connectivity index (χ1v) is 5.75. The van der Waals surface area contributed by atoms with Gasteiger partial charge in [0.25, 0.3) is 0 Å². The number of hydrogen-bond donors (Lipinski definition) is 1. The molecule has 1 nitrogen and oxygen atoms in total. The van der Waals surface area contributed by atoms with Gasteiger partial charge in [0.2, 0.25) is 0 Å². The van der Waals surface area contributed by atoms with E-state index in [0.717, 1.165) is 13.0 Å². The van der Waals surface area contributed by atoms with Crippen molar-refractivity contribution in [2.75, 3.05) is 6.54 Å². The number of benzene rings is 1. The van der Waals surface area contributed by atoms with E-state index in [1.165, 1.54) is 5.56 Å². The summed E-state index contributed by atoms with van der Waals surface area (Å²) in [6.07, 6.45) is 1.11. The Kier molecular flexibility index (Phi) is 4.34. The van der Waals surface area contributed by atoms with Crippen molar-refractivity contribution in [2.45, 2.75) is 40.2 Å². The lowest BCUT2D eigenvalue weighted by Gasteiger charge is -2.22. The molecule has 1 N–H and O–H groups in total. The smallest absolute Gasteiger partial charge is 0.00793 e. The maximum atomic E-state index is 3.57. The van der Waals surface area contributed by atoms with Gasteiger partial charge in [-0.2, -0.15) is 0 Å². The average molecular weight is 205 g/mol. The van der Waals surface area contributed by atoms with Crippen molar-refractivity contribution in [3.05, 3.63) is 35.9 Å². The highest BCUT2D eigenvalue weighted by atomic mass is 14.9. The molecule has 0 spiro atoms. The van der Waals surface area contributed by atoms with Crippen LogP contribution in [0.2, 0.25) is 0 Å². The molecule has 0 saturated heterocycles. The lowest BCUT2D eigenvalue weighted by atomic mass is 9.96. The minimum Gasteiger partial charge on any atom is -0.313 e. The molecule has 0 aromatic heterocycles. The zero-order chi connectivity index (χ0) is 11.3. The highest BCUT2D eigenvalue weighted by Crippen LogP contribution is 2.11. The van der Waals surface area contributed by atoms with Gasteiger partial charge in [0.05, 0.1) is 0 Å². The summed E-state index contributed by atoms with van der Waals surface area (Å²) in [4.78, 5) is 0. The largest absolute Gasteiger partial charge is 0.313 e. The first-order chi connectivity index (χ1) is 6.97. The highest BCUT2D eigenvalue weighted by Gasteiger charge is 2.11. The van der Waals surface area contributed by atoms with E-state index in [1.54, 1.807) is 0 Å². The summed E-state index contributed by atoms with van der Waals surface area (Å²) in [6, 6.07) is 11.2. The van der Waals surface area contributed by atoms with Gasteiger partial charge in [0, 0.05) is 12.6 Å². The fourth-order valence-electron chi connectivity index (χ4n) is 1.52. The molecule has 1 unspecified atom stereocenters. The molecule has 0 aliphatic carbocycles. The molecule has 1 heteroatoms. The standard InChI is InChI=1S/C14H23N/c1-12(15-11-14(2,3)4)10-13-8-6-5-7-9-13/h5-9,12,15H,10-11H2,1-4H3. The van der Waals surface area contributed by atoms with E-state index >= 15 is 0 Å². The number of nitrogens with one attached hydrogen (secondary N) is 1. The molecular weight excluding hydrogens is 182 g/mol. The lowest BCUT2D eigenvalue weighted by Crippen LogP contribution is -2.35. The molecule has 0 heterocycles. The minimum atomic E-state index is 0.366. The van der Waals surface area contributed by atoms with Crippen molar-refractivity contribution >= 4 is 0 Å². The molecule has 0 bridgehead atoms. The van der Waals surface area contributed by atoms with Crippen LogP contribution in [0.25, 0.3) is 0 Å². The normalized spacial score (nSPS) is 13.9. The van der Waals surface area contributed by atoms with Gasteiger partial charge in [-0.05, 0) is 24.3 Å². The van der Waals surface area contributed by atoms with Gasteiger partial charge < -0.3 is 5.32 Å². The predicted octanol–water partition coefficient (Wildman–Crippen LogP) is 3.25. The summed E-state index contributed by atoms with van der Waals surface area (Å²) in [6.45, 7) is 10.1. The van der Waals surface area contributed by atoms with Gasteiger partial charge in [-0.3, -0.25) is 0 Å². The summed E-state index contributed by atoms with van der Waals surface area (Å²) < 4.78 is 0. The maximum Gasteiger partial charge on any atom is 0.00793 e. The van der Waals surface area contributed by atoms with E-state index < -0.39 is 0 Å². The third-order valence-corrected chi connectivity index (χ3v) is 2.37. The monoisotopic (exact) mass is 205 g/mol. The van der Waals surface area contributed by atoms with Crippen LogP contribution in [0.15, 0.2) is 30.3 Å². The van der Waals surface area contributed by atoms with Crippen molar-refractivity contribution in [3.8, 4) is 0 Å². The zero-order valence-corrected chi connectivity index (χ0v) is 10.4. The van der Waals surface area contributed by atoms with Crippen LogP contribution in [-0.4, -0.2) is 12.6 Å². The topological polar surface area (TPSA) is 12.0 Å². The quantitative estimate of drug-likeness (QED) is 0.795. The van der Waals surface area contributed by atoms with E-state index in [9.17, 15) is 0 Å². The highest BCUT2D eigenvalue weighted by molar-refractivity contribution is 5.15. The van der Waals surface area contributed by atoms with Gasteiger partial charge in [-0.25, -0.2) is 0 Å². The van der Waals surface area contributed by atoms with Gasteiger partial charge in [-0.15, -0.1) is 0 Å². The minimum absolute atomic E-state index is 0.366. The predicted molar refractivity (Wildman–Crippen MR) is 67.1 cm³/mol. The fourth-order valence-corrected chi connectivity index (χ4v) is 1.52. The van der Waals surface area contributed by atoms with Crippen molar-refractivity contribution in [1.82, 2.24) is 5.32 Å². The molecule has 15 heavy (non-hydrogen) atoms. The molecule has 0 saturated carbocycles. The van der Waals surface area contributed by atoms with Crippen LogP contribution in [0.1, 0.15) is 33.3 Å². The van der Waals surface area contributed by atoms with Crippen LogP contribution in [0.5, 0.6) is 0 Å². The van der Waals surface area contributed by atoms with Crippen LogP contribution >= 0.6 is 0 Å². The Hall–Kier alpha value is -0.820. The summed E-state index contributed by atoms with van der Waals surface area (Å²) >= 11 is 0. The van der Waals surface area contributed by atoms with E-state index in [-0.39, 0.29) is 0 Å². The molecule has 1 atom stereocenters. The van der Waals surface area contributed by atoms with Gasteiger partial charge in [-0.1, -0.05) is 51.1 Å². The first kappa shape index (κ1) is 12.3. The maximum absolute atomic E-state index is 3.57. The van der Waals surface area contributed by atoms with Crippen molar-refractivity contribution in [2.24, 2.45) is 5.41 Å². The van der Waals surface area contributed by atoms with Crippen molar-refractivity contribution < 1.29 is 0 Å². The van der Waals surface area contributed by atoms with Crippen LogP contribution in [-0.2, 0) is 6.42 Å². The molecule has 84 valence electrons. The fraction of sp³-hybridized carbons (Fsp3) is 0.571. The summed E-state index contributed by atoms with van der Waals surface area (Å²) in [7, 11) is 0. The first-order valence-electron chi connectivity index (χ1n) is 5.75. The Balaban J connectivity index is 2.34.